The molecule has 0 aliphatic heterocycles. The molecule has 20 heavy (non-hydrogen) atoms. The van der Waals surface area contributed by atoms with Crippen LogP contribution in [-0.4, -0.2) is 19.1 Å². The molecule has 3 aromatic rings. The molecule has 1 aromatic carbocycles. The summed E-state index contributed by atoms with van der Waals surface area (Å²) in [6.07, 6.45) is 5.93. The van der Waals surface area contributed by atoms with Crippen molar-refractivity contribution < 1.29 is 0 Å². The van der Waals surface area contributed by atoms with Gasteiger partial charge in [0.25, 0.3) is 0 Å². The Morgan fingerprint density at radius 1 is 1.20 bits per heavy atom. The molecule has 0 atom stereocenters. The second-order valence-electron chi connectivity index (χ2n) is 4.81. The molecule has 2 N–H and O–H groups in total. The molecule has 0 fully saturated rings. The van der Waals surface area contributed by atoms with E-state index in [1.807, 2.05) is 25.4 Å². The Morgan fingerprint density at radius 2 is 2.00 bits per heavy atom. The van der Waals surface area contributed by atoms with Crippen LogP contribution in [0.15, 0.2) is 42.9 Å². The topological polar surface area (TPSA) is 48.8 Å². The summed E-state index contributed by atoms with van der Waals surface area (Å²) >= 11 is 5.05. The quantitative estimate of drug-likeness (QED) is 0.749. The minimum Gasteiger partial charge on any atom is -0.389 e. The highest BCUT2D eigenvalue weighted by atomic mass is 32.1. The lowest BCUT2D eigenvalue weighted by atomic mass is 10.1. The van der Waals surface area contributed by atoms with Crippen LogP contribution in [0.2, 0.25) is 0 Å². The van der Waals surface area contributed by atoms with E-state index in [0.29, 0.717) is 4.99 Å². The summed E-state index contributed by atoms with van der Waals surface area (Å²) in [4.78, 5) is 4.67. The molecule has 2 aromatic heterocycles. The number of imidazole rings is 1. The highest BCUT2D eigenvalue weighted by molar-refractivity contribution is 7.80. The smallest absolute Gasteiger partial charge is 0.105 e. The molecule has 2 heterocycles. The van der Waals surface area contributed by atoms with Gasteiger partial charge < -0.3 is 14.9 Å². The lowest BCUT2D eigenvalue weighted by Gasteiger charge is -2.08. The monoisotopic (exact) mass is 284 g/mol. The standard InChI is InChI=1S/C15H16N4S/c1-11-17-5-7-18(11)8-9-19-6-4-12-2-3-13(15(16)20)10-14(12)19/h2-7,10H,8-9H2,1H3,(H2,16,20). The van der Waals surface area contributed by atoms with Gasteiger partial charge in [0, 0.05) is 42.8 Å². The van der Waals surface area contributed by atoms with E-state index in [1.165, 1.54) is 5.39 Å². The molecule has 0 spiro atoms. The Morgan fingerprint density at radius 3 is 2.70 bits per heavy atom. The number of aryl methyl sites for hydroxylation is 3. The van der Waals surface area contributed by atoms with Crippen molar-refractivity contribution >= 4 is 28.1 Å². The van der Waals surface area contributed by atoms with Crippen LogP contribution < -0.4 is 5.73 Å². The molecule has 0 bridgehead atoms. The van der Waals surface area contributed by atoms with Crippen LogP contribution >= 0.6 is 12.2 Å². The zero-order chi connectivity index (χ0) is 14.1. The number of nitrogens with zero attached hydrogens (tertiary/aromatic N) is 3. The maximum atomic E-state index is 5.70. The van der Waals surface area contributed by atoms with Crippen molar-refractivity contribution in [2.45, 2.75) is 20.0 Å². The molecule has 5 heteroatoms. The Kier molecular flexibility index (Phi) is 3.28. The minimum atomic E-state index is 0.435. The minimum absolute atomic E-state index is 0.435. The molecular weight excluding hydrogens is 268 g/mol. The van der Waals surface area contributed by atoms with E-state index >= 15 is 0 Å². The van der Waals surface area contributed by atoms with Gasteiger partial charge in [-0.25, -0.2) is 4.98 Å². The molecule has 0 saturated carbocycles. The number of aromatic nitrogens is 3. The van der Waals surface area contributed by atoms with Gasteiger partial charge in [-0.2, -0.15) is 0 Å². The van der Waals surface area contributed by atoms with Crippen LogP contribution in [0, 0.1) is 6.92 Å². The number of hydrogen-bond acceptors (Lipinski definition) is 2. The normalized spacial score (nSPS) is 11.1. The van der Waals surface area contributed by atoms with E-state index in [4.69, 9.17) is 18.0 Å². The first-order chi connectivity index (χ1) is 9.65. The van der Waals surface area contributed by atoms with Crippen molar-refractivity contribution in [3.63, 3.8) is 0 Å². The van der Waals surface area contributed by atoms with E-state index in [9.17, 15) is 0 Å². The molecular formula is C15H16N4S. The van der Waals surface area contributed by atoms with Crippen molar-refractivity contribution in [2.75, 3.05) is 0 Å². The molecule has 0 radical (unpaired) electrons. The van der Waals surface area contributed by atoms with Crippen LogP contribution in [0.25, 0.3) is 10.9 Å². The Hall–Kier alpha value is -2.14. The van der Waals surface area contributed by atoms with Gasteiger partial charge in [0.2, 0.25) is 0 Å². The number of rotatable bonds is 4. The first-order valence-corrected chi connectivity index (χ1v) is 6.92. The summed E-state index contributed by atoms with van der Waals surface area (Å²) in [6, 6.07) is 8.19. The highest BCUT2D eigenvalue weighted by Crippen LogP contribution is 2.18. The van der Waals surface area contributed by atoms with Gasteiger partial charge in [0.05, 0.1) is 0 Å². The molecule has 3 rings (SSSR count). The largest absolute Gasteiger partial charge is 0.389 e. The van der Waals surface area contributed by atoms with Crippen molar-refractivity contribution in [1.82, 2.24) is 14.1 Å². The first-order valence-electron chi connectivity index (χ1n) is 6.51. The van der Waals surface area contributed by atoms with Crippen LogP contribution in [0.5, 0.6) is 0 Å². The fraction of sp³-hybridized carbons (Fsp3) is 0.200. The predicted octanol–water partition coefficient (Wildman–Crippen LogP) is 2.48. The van der Waals surface area contributed by atoms with E-state index in [1.54, 1.807) is 0 Å². The number of thiocarbonyl (C=S) groups is 1. The van der Waals surface area contributed by atoms with Gasteiger partial charge in [0.1, 0.15) is 10.8 Å². The SMILES string of the molecule is Cc1nccn1CCn1ccc2ccc(C(N)=S)cc21. The van der Waals surface area contributed by atoms with E-state index in [2.05, 4.69) is 38.5 Å². The number of hydrogen-bond donors (Lipinski definition) is 1. The van der Waals surface area contributed by atoms with Crippen molar-refractivity contribution in [2.24, 2.45) is 5.73 Å². The third-order valence-electron chi connectivity index (χ3n) is 3.56. The van der Waals surface area contributed by atoms with E-state index in [0.717, 1.165) is 30.0 Å². The van der Waals surface area contributed by atoms with Crippen LogP contribution in [0.4, 0.5) is 0 Å². The maximum absolute atomic E-state index is 5.70. The highest BCUT2D eigenvalue weighted by Gasteiger charge is 2.05. The van der Waals surface area contributed by atoms with Gasteiger partial charge in [-0.05, 0) is 24.4 Å². The second kappa shape index (κ2) is 5.09. The fourth-order valence-corrected chi connectivity index (χ4v) is 2.51. The number of fused-ring (bicyclic) bond motifs is 1. The van der Waals surface area contributed by atoms with Gasteiger partial charge in [-0.15, -0.1) is 0 Å². The second-order valence-corrected chi connectivity index (χ2v) is 5.25. The molecule has 0 saturated heterocycles. The summed E-state index contributed by atoms with van der Waals surface area (Å²) in [5.74, 6) is 1.03. The van der Waals surface area contributed by atoms with E-state index < -0.39 is 0 Å². The third-order valence-corrected chi connectivity index (χ3v) is 3.80. The average molecular weight is 284 g/mol. The molecule has 0 unspecified atom stereocenters. The van der Waals surface area contributed by atoms with Gasteiger partial charge in [-0.3, -0.25) is 0 Å². The Labute approximate surface area is 122 Å². The third kappa shape index (κ3) is 2.32. The molecule has 0 aliphatic rings. The first kappa shape index (κ1) is 12.9. The predicted molar refractivity (Wildman–Crippen MR) is 84.8 cm³/mol. The van der Waals surface area contributed by atoms with Gasteiger partial charge in [0.15, 0.2) is 0 Å². The molecule has 102 valence electrons. The average Bonchev–Trinajstić information content (AvgIpc) is 3.02. The summed E-state index contributed by atoms with van der Waals surface area (Å²) in [5, 5.41) is 1.20. The lowest BCUT2D eigenvalue weighted by Crippen LogP contribution is -2.10. The number of benzene rings is 1. The lowest BCUT2D eigenvalue weighted by molar-refractivity contribution is 0.580. The van der Waals surface area contributed by atoms with Gasteiger partial charge in [-0.1, -0.05) is 24.4 Å². The molecule has 0 aliphatic carbocycles. The van der Waals surface area contributed by atoms with E-state index in [-0.39, 0.29) is 0 Å². The van der Waals surface area contributed by atoms with Gasteiger partial charge >= 0.3 is 0 Å². The Balaban J connectivity index is 1.89. The fourth-order valence-electron chi connectivity index (χ4n) is 2.39. The van der Waals surface area contributed by atoms with Crippen molar-refractivity contribution in [1.29, 1.82) is 0 Å². The zero-order valence-electron chi connectivity index (χ0n) is 11.3. The zero-order valence-corrected chi connectivity index (χ0v) is 12.1. The Bertz CT molecular complexity index is 769. The maximum Gasteiger partial charge on any atom is 0.105 e. The summed E-state index contributed by atoms with van der Waals surface area (Å²) in [6.45, 7) is 3.80. The summed E-state index contributed by atoms with van der Waals surface area (Å²) < 4.78 is 4.36. The van der Waals surface area contributed by atoms with Crippen LogP contribution in [-0.2, 0) is 13.1 Å². The van der Waals surface area contributed by atoms with Crippen molar-refractivity contribution in [3.05, 3.63) is 54.2 Å². The number of nitrogens with two attached hydrogens (primary N) is 1. The summed E-state index contributed by atoms with van der Waals surface area (Å²) in [7, 11) is 0. The van der Waals surface area contributed by atoms with Crippen molar-refractivity contribution in [3.8, 4) is 0 Å². The molecule has 0 amide bonds. The van der Waals surface area contributed by atoms with Crippen LogP contribution in [0.3, 0.4) is 0 Å². The van der Waals surface area contributed by atoms with Crippen LogP contribution in [0.1, 0.15) is 11.4 Å². The summed E-state index contributed by atoms with van der Waals surface area (Å²) in [5.41, 5.74) is 7.77. The molecule has 4 nitrogen and oxygen atoms in total.